The molecule has 1 aliphatic rings. The van der Waals surface area contributed by atoms with E-state index in [1.165, 1.54) is 30.5 Å². The number of nitrogens with zero attached hydrogens (tertiary/aromatic N) is 3. The van der Waals surface area contributed by atoms with Crippen LogP contribution in [0, 0.1) is 24.5 Å². The van der Waals surface area contributed by atoms with Gasteiger partial charge in [-0.2, -0.15) is 0 Å². The number of amides is 1. The van der Waals surface area contributed by atoms with Crippen LogP contribution in [0.15, 0.2) is 48.8 Å². The lowest BCUT2D eigenvalue weighted by molar-refractivity contribution is -0.117. The number of hydrogen-bond acceptors (Lipinski definition) is 6. The standard InChI is InChI=1S/C22H20F2N4O3/c1-13-25-10-19(18(11-29)27-13)31-12-22(14-3-2-4-15(23)7-14)8-17(22)21(30)28-20-6-5-16(24)9-26-20/h2-7,9-10,17,29H,8,11-12H2,1H3,(H,26,28,30)/t17-,22+/m0/s1. The number of aromatic nitrogens is 3. The van der Waals surface area contributed by atoms with E-state index in [0.29, 0.717) is 29.3 Å². The predicted molar refractivity (Wildman–Crippen MR) is 107 cm³/mol. The Bertz CT molecular complexity index is 1110. The zero-order chi connectivity index (χ0) is 22.0. The number of halogens is 2. The zero-order valence-electron chi connectivity index (χ0n) is 16.7. The van der Waals surface area contributed by atoms with Gasteiger partial charge >= 0.3 is 0 Å². The molecular formula is C22H20F2N4O3. The molecule has 0 saturated heterocycles. The van der Waals surface area contributed by atoms with Crippen molar-refractivity contribution in [2.24, 2.45) is 5.92 Å². The number of anilines is 1. The molecular weight excluding hydrogens is 406 g/mol. The van der Waals surface area contributed by atoms with Crippen molar-refractivity contribution in [3.63, 3.8) is 0 Å². The van der Waals surface area contributed by atoms with Crippen molar-refractivity contribution in [2.75, 3.05) is 11.9 Å². The van der Waals surface area contributed by atoms with Gasteiger partial charge in [0.15, 0.2) is 5.75 Å². The Kier molecular flexibility index (Phi) is 5.60. The summed E-state index contributed by atoms with van der Waals surface area (Å²) in [6.07, 6.45) is 2.90. The average Bonchev–Trinajstić information content (AvgIpc) is 3.50. The predicted octanol–water partition coefficient (Wildman–Crippen LogP) is 2.93. The van der Waals surface area contributed by atoms with Gasteiger partial charge in [0.2, 0.25) is 5.91 Å². The van der Waals surface area contributed by atoms with Crippen molar-refractivity contribution in [3.05, 3.63) is 77.5 Å². The van der Waals surface area contributed by atoms with Gasteiger partial charge in [0.25, 0.3) is 0 Å². The van der Waals surface area contributed by atoms with Crippen molar-refractivity contribution < 1.29 is 23.4 Å². The van der Waals surface area contributed by atoms with Crippen LogP contribution in [0.4, 0.5) is 14.6 Å². The number of carbonyl (C=O) groups excluding carboxylic acids is 1. The lowest BCUT2D eigenvalue weighted by Gasteiger charge is -2.20. The molecule has 2 heterocycles. The highest BCUT2D eigenvalue weighted by Gasteiger charge is 2.60. The fourth-order valence-corrected chi connectivity index (χ4v) is 3.62. The van der Waals surface area contributed by atoms with Crippen molar-refractivity contribution in [3.8, 4) is 5.75 Å². The highest BCUT2D eigenvalue weighted by atomic mass is 19.1. The molecule has 0 bridgehead atoms. The molecule has 7 nitrogen and oxygen atoms in total. The molecule has 0 radical (unpaired) electrons. The zero-order valence-corrected chi connectivity index (χ0v) is 16.7. The van der Waals surface area contributed by atoms with Crippen LogP contribution in [0.25, 0.3) is 0 Å². The SMILES string of the molecule is Cc1ncc(OC[C@@]2(c3cccc(F)c3)C[C@H]2C(=O)Nc2ccc(F)cn2)c(CO)n1. The second-order valence-corrected chi connectivity index (χ2v) is 7.45. The average molecular weight is 426 g/mol. The van der Waals surface area contributed by atoms with E-state index in [2.05, 4.69) is 20.3 Å². The maximum absolute atomic E-state index is 13.9. The molecule has 2 atom stereocenters. The molecule has 0 spiro atoms. The number of ether oxygens (including phenoxy) is 1. The van der Waals surface area contributed by atoms with Gasteiger partial charge in [-0.15, -0.1) is 0 Å². The molecule has 1 fully saturated rings. The summed E-state index contributed by atoms with van der Waals surface area (Å²) in [4.78, 5) is 24.9. The number of nitrogens with one attached hydrogen (secondary N) is 1. The van der Waals surface area contributed by atoms with Crippen LogP contribution >= 0.6 is 0 Å². The van der Waals surface area contributed by atoms with Crippen molar-refractivity contribution in [1.82, 2.24) is 15.0 Å². The minimum Gasteiger partial charge on any atom is -0.489 e. The maximum atomic E-state index is 13.9. The highest BCUT2D eigenvalue weighted by Crippen LogP contribution is 2.55. The van der Waals surface area contributed by atoms with Gasteiger partial charge in [0, 0.05) is 5.41 Å². The Balaban J connectivity index is 1.57. The molecule has 1 saturated carbocycles. The molecule has 3 aromatic rings. The number of pyridine rings is 1. The third-order valence-corrected chi connectivity index (χ3v) is 5.35. The molecule has 2 aromatic heterocycles. The number of aliphatic hydroxyl groups is 1. The van der Waals surface area contributed by atoms with E-state index in [1.807, 2.05) is 0 Å². The normalized spacial score (nSPS) is 19.7. The van der Waals surface area contributed by atoms with E-state index in [-0.39, 0.29) is 24.9 Å². The van der Waals surface area contributed by atoms with E-state index in [9.17, 15) is 18.7 Å². The first-order valence-electron chi connectivity index (χ1n) is 9.66. The van der Waals surface area contributed by atoms with Gasteiger partial charge < -0.3 is 15.2 Å². The van der Waals surface area contributed by atoms with Crippen molar-refractivity contribution in [1.29, 1.82) is 0 Å². The van der Waals surface area contributed by atoms with Gasteiger partial charge in [-0.05, 0) is 43.2 Å². The molecule has 160 valence electrons. The number of rotatable bonds is 7. The van der Waals surface area contributed by atoms with Crippen LogP contribution in [0.2, 0.25) is 0 Å². The summed E-state index contributed by atoms with van der Waals surface area (Å²) in [7, 11) is 0. The van der Waals surface area contributed by atoms with E-state index in [4.69, 9.17) is 4.74 Å². The number of aryl methyl sites for hydroxylation is 1. The summed E-state index contributed by atoms with van der Waals surface area (Å²) >= 11 is 0. The molecule has 0 unspecified atom stereocenters. The third kappa shape index (κ3) is 4.36. The number of benzene rings is 1. The third-order valence-electron chi connectivity index (χ3n) is 5.35. The minimum atomic E-state index is -0.774. The Hall–Kier alpha value is -3.46. The van der Waals surface area contributed by atoms with Crippen LogP contribution in [0.1, 0.15) is 23.5 Å². The Morgan fingerprint density at radius 1 is 1.23 bits per heavy atom. The first-order valence-corrected chi connectivity index (χ1v) is 9.66. The smallest absolute Gasteiger partial charge is 0.229 e. The van der Waals surface area contributed by atoms with Gasteiger partial charge in [-0.25, -0.2) is 23.7 Å². The van der Waals surface area contributed by atoms with Crippen LogP contribution in [0.5, 0.6) is 5.75 Å². The van der Waals surface area contributed by atoms with Gasteiger partial charge in [-0.3, -0.25) is 4.79 Å². The topological polar surface area (TPSA) is 97.2 Å². The Labute approximate surface area is 177 Å². The van der Waals surface area contributed by atoms with Gasteiger partial charge in [0.05, 0.1) is 31.5 Å². The van der Waals surface area contributed by atoms with E-state index < -0.39 is 23.0 Å². The summed E-state index contributed by atoms with van der Waals surface area (Å²) < 4.78 is 32.9. The first kappa shape index (κ1) is 20.8. The molecule has 31 heavy (non-hydrogen) atoms. The summed E-state index contributed by atoms with van der Waals surface area (Å²) in [5.41, 5.74) is 0.182. The van der Waals surface area contributed by atoms with Gasteiger partial charge in [-0.1, -0.05) is 12.1 Å². The quantitative estimate of drug-likeness (QED) is 0.603. The fraction of sp³-hybridized carbons (Fsp3) is 0.273. The molecule has 1 aliphatic carbocycles. The van der Waals surface area contributed by atoms with Crippen molar-refractivity contribution in [2.45, 2.75) is 25.4 Å². The number of hydrogen-bond donors (Lipinski definition) is 2. The largest absolute Gasteiger partial charge is 0.489 e. The van der Waals surface area contributed by atoms with E-state index in [1.54, 1.807) is 19.1 Å². The first-order chi connectivity index (χ1) is 14.9. The second kappa shape index (κ2) is 8.35. The summed E-state index contributed by atoms with van der Waals surface area (Å²) in [5.74, 6) is -0.742. The molecule has 9 heteroatoms. The van der Waals surface area contributed by atoms with Crippen LogP contribution in [-0.4, -0.2) is 32.6 Å². The monoisotopic (exact) mass is 426 g/mol. The van der Waals surface area contributed by atoms with Crippen LogP contribution in [-0.2, 0) is 16.8 Å². The van der Waals surface area contributed by atoms with Crippen molar-refractivity contribution >= 4 is 11.7 Å². The van der Waals surface area contributed by atoms with Gasteiger partial charge in [0.1, 0.15) is 29.0 Å². The van der Waals surface area contributed by atoms with Crippen LogP contribution in [0.3, 0.4) is 0 Å². The highest BCUT2D eigenvalue weighted by molar-refractivity contribution is 5.95. The molecule has 1 amide bonds. The second-order valence-electron chi connectivity index (χ2n) is 7.45. The molecule has 0 aliphatic heterocycles. The fourth-order valence-electron chi connectivity index (χ4n) is 3.62. The van der Waals surface area contributed by atoms with E-state index in [0.717, 1.165) is 6.20 Å². The summed E-state index contributed by atoms with van der Waals surface area (Å²) in [5, 5.41) is 12.2. The lowest BCUT2D eigenvalue weighted by atomic mass is 9.93. The molecule has 4 rings (SSSR count). The van der Waals surface area contributed by atoms with E-state index >= 15 is 0 Å². The Morgan fingerprint density at radius 3 is 2.77 bits per heavy atom. The molecule has 2 N–H and O–H groups in total. The molecule has 1 aromatic carbocycles. The minimum absolute atomic E-state index is 0.0603. The number of carbonyl (C=O) groups is 1. The Morgan fingerprint density at radius 2 is 2.06 bits per heavy atom. The maximum Gasteiger partial charge on any atom is 0.229 e. The summed E-state index contributed by atoms with van der Waals surface area (Å²) in [6, 6.07) is 8.60. The van der Waals surface area contributed by atoms with Crippen LogP contribution < -0.4 is 10.1 Å². The lowest BCUT2D eigenvalue weighted by Crippen LogP contribution is -2.27. The number of aliphatic hydroxyl groups excluding tert-OH is 1. The summed E-state index contributed by atoms with van der Waals surface area (Å²) in [6.45, 7) is 1.43.